The van der Waals surface area contributed by atoms with Crippen LogP contribution in [0.2, 0.25) is 0 Å². The van der Waals surface area contributed by atoms with Crippen LogP contribution < -0.4 is 10.2 Å². The van der Waals surface area contributed by atoms with Crippen molar-refractivity contribution in [1.82, 2.24) is 5.32 Å². The predicted octanol–water partition coefficient (Wildman–Crippen LogP) is 2.73. The molecule has 1 aromatic rings. The molecule has 19 heavy (non-hydrogen) atoms. The first-order valence-corrected chi connectivity index (χ1v) is 7.50. The highest BCUT2D eigenvalue weighted by Crippen LogP contribution is 2.35. The van der Waals surface area contributed by atoms with Crippen LogP contribution in [-0.4, -0.2) is 32.8 Å². The van der Waals surface area contributed by atoms with Crippen molar-refractivity contribution in [3.63, 3.8) is 0 Å². The van der Waals surface area contributed by atoms with Gasteiger partial charge in [-0.15, -0.1) is 0 Å². The number of nitrogens with one attached hydrogen (secondary N) is 1. The number of nitrogens with zero attached hydrogens (tertiary/aromatic N) is 1. The Labute approximate surface area is 115 Å². The Bertz CT molecular complexity index is 415. The zero-order valence-electron chi connectivity index (χ0n) is 11.8. The molecule has 3 rings (SSSR count). The lowest BCUT2D eigenvalue weighted by atomic mass is 10.0. The Morgan fingerprint density at radius 3 is 2.74 bits per heavy atom. The fraction of sp³-hybridized carbons (Fsp3) is 0.625. The van der Waals surface area contributed by atoms with Gasteiger partial charge in [0.25, 0.3) is 0 Å². The third-order valence-electron chi connectivity index (χ3n) is 4.49. The molecule has 1 fully saturated rings. The van der Waals surface area contributed by atoms with Gasteiger partial charge in [-0.1, -0.05) is 18.2 Å². The molecule has 2 aliphatic heterocycles. The molecular formula is C16H24N2O. The van der Waals surface area contributed by atoms with Gasteiger partial charge >= 0.3 is 0 Å². The maximum absolute atomic E-state index is 5.51. The van der Waals surface area contributed by atoms with E-state index in [1.807, 2.05) is 0 Å². The van der Waals surface area contributed by atoms with Crippen LogP contribution in [0.15, 0.2) is 24.3 Å². The van der Waals surface area contributed by atoms with E-state index in [0.29, 0.717) is 12.1 Å². The van der Waals surface area contributed by atoms with Gasteiger partial charge < -0.3 is 15.0 Å². The molecule has 0 bridgehead atoms. The van der Waals surface area contributed by atoms with Crippen LogP contribution in [0.3, 0.4) is 0 Å². The Balaban J connectivity index is 1.91. The molecule has 0 spiro atoms. The SMILES string of the molecule is CNC1CCCN(C2CCOCC2)c2ccccc21. The van der Waals surface area contributed by atoms with Crippen LogP contribution in [0.25, 0.3) is 0 Å². The first-order valence-electron chi connectivity index (χ1n) is 7.50. The highest BCUT2D eigenvalue weighted by molar-refractivity contribution is 5.56. The van der Waals surface area contributed by atoms with Crippen LogP contribution >= 0.6 is 0 Å². The zero-order valence-corrected chi connectivity index (χ0v) is 11.8. The van der Waals surface area contributed by atoms with Crippen LogP contribution in [0.4, 0.5) is 5.69 Å². The van der Waals surface area contributed by atoms with E-state index in [2.05, 4.69) is 41.5 Å². The predicted molar refractivity (Wildman–Crippen MR) is 78.7 cm³/mol. The number of ether oxygens (including phenoxy) is 1. The molecule has 1 N–H and O–H groups in total. The van der Waals surface area contributed by atoms with Crippen molar-refractivity contribution in [2.24, 2.45) is 0 Å². The van der Waals surface area contributed by atoms with Crippen molar-refractivity contribution in [2.45, 2.75) is 37.8 Å². The van der Waals surface area contributed by atoms with Crippen LogP contribution in [0, 0.1) is 0 Å². The van der Waals surface area contributed by atoms with E-state index in [0.717, 1.165) is 13.2 Å². The summed E-state index contributed by atoms with van der Waals surface area (Å²) in [5.74, 6) is 0. The number of benzene rings is 1. The van der Waals surface area contributed by atoms with Crippen LogP contribution in [0.1, 0.15) is 37.3 Å². The van der Waals surface area contributed by atoms with Gasteiger partial charge in [0.15, 0.2) is 0 Å². The summed E-state index contributed by atoms with van der Waals surface area (Å²) in [6.45, 7) is 3.01. The van der Waals surface area contributed by atoms with Crippen LogP contribution in [-0.2, 0) is 4.74 Å². The highest BCUT2D eigenvalue weighted by atomic mass is 16.5. The smallest absolute Gasteiger partial charge is 0.0485 e. The average molecular weight is 260 g/mol. The molecular weight excluding hydrogens is 236 g/mol. The number of fused-ring (bicyclic) bond motifs is 1. The summed E-state index contributed by atoms with van der Waals surface area (Å²) >= 11 is 0. The molecule has 3 nitrogen and oxygen atoms in total. The summed E-state index contributed by atoms with van der Waals surface area (Å²) in [4.78, 5) is 2.63. The summed E-state index contributed by atoms with van der Waals surface area (Å²) in [6.07, 6.45) is 4.82. The third-order valence-corrected chi connectivity index (χ3v) is 4.49. The number of anilines is 1. The van der Waals surface area contributed by atoms with Gasteiger partial charge in [0.05, 0.1) is 0 Å². The first kappa shape index (κ1) is 12.9. The largest absolute Gasteiger partial charge is 0.381 e. The lowest BCUT2D eigenvalue weighted by Crippen LogP contribution is -2.40. The number of para-hydroxylation sites is 1. The van der Waals surface area contributed by atoms with Gasteiger partial charge in [-0.05, 0) is 44.4 Å². The Kier molecular flexibility index (Phi) is 4.04. The quantitative estimate of drug-likeness (QED) is 0.885. The van der Waals surface area contributed by atoms with Crippen molar-refractivity contribution >= 4 is 5.69 Å². The molecule has 3 heteroatoms. The van der Waals surface area contributed by atoms with Crippen molar-refractivity contribution in [1.29, 1.82) is 0 Å². The highest BCUT2D eigenvalue weighted by Gasteiger charge is 2.27. The van der Waals surface area contributed by atoms with Crippen molar-refractivity contribution in [2.75, 3.05) is 31.7 Å². The third kappa shape index (κ3) is 2.63. The fourth-order valence-electron chi connectivity index (χ4n) is 3.46. The van der Waals surface area contributed by atoms with Gasteiger partial charge in [-0.25, -0.2) is 0 Å². The molecule has 2 heterocycles. The molecule has 0 saturated carbocycles. The van der Waals surface area contributed by atoms with Gasteiger partial charge in [0.1, 0.15) is 0 Å². The van der Waals surface area contributed by atoms with Crippen molar-refractivity contribution in [3.05, 3.63) is 29.8 Å². The van der Waals surface area contributed by atoms with Gasteiger partial charge in [0, 0.05) is 37.5 Å². The standard InChI is InChI=1S/C16H24N2O/c1-17-15-6-4-10-18(13-8-11-19-12-9-13)16-7-3-2-5-14(15)16/h2-3,5,7,13,15,17H,4,6,8-12H2,1H3. The summed E-state index contributed by atoms with van der Waals surface area (Å²) in [6, 6.07) is 10.1. The Morgan fingerprint density at radius 1 is 1.16 bits per heavy atom. The summed E-state index contributed by atoms with van der Waals surface area (Å²) in [5.41, 5.74) is 2.90. The summed E-state index contributed by atoms with van der Waals surface area (Å²) < 4.78 is 5.51. The minimum atomic E-state index is 0.501. The molecule has 0 aliphatic carbocycles. The number of hydrogen-bond donors (Lipinski definition) is 1. The minimum Gasteiger partial charge on any atom is -0.381 e. The molecule has 1 aromatic carbocycles. The first-order chi connectivity index (χ1) is 9.40. The normalized spacial score (nSPS) is 24.9. The second-order valence-electron chi connectivity index (χ2n) is 5.58. The monoisotopic (exact) mass is 260 g/mol. The van der Waals surface area contributed by atoms with E-state index < -0.39 is 0 Å². The van der Waals surface area contributed by atoms with E-state index in [4.69, 9.17) is 4.74 Å². The average Bonchev–Trinajstić information content (AvgIpc) is 2.67. The molecule has 1 unspecified atom stereocenters. The van der Waals surface area contributed by atoms with Crippen molar-refractivity contribution < 1.29 is 4.74 Å². The molecule has 0 radical (unpaired) electrons. The number of rotatable bonds is 2. The fourth-order valence-corrected chi connectivity index (χ4v) is 3.46. The number of hydrogen-bond acceptors (Lipinski definition) is 3. The lowest BCUT2D eigenvalue weighted by molar-refractivity contribution is 0.0844. The van der Waals surface area contributed by atoms with E-state index >= 15 is 0 Å². The molecule has 0 amide bonds. The van der Waals surface area contributed by atoms with Crippen LogP contribution in [0.5, 0.6) is 0 Å². The van der Waals surface area contributed by atoms with E-state index in [1.165, 1.54) is 43.5 Å². The van der Waals surface area contributed by atoms with E-state index in [9.17, 15) is 0 Å². The summed E-state index contributed by atoms with van der Waals surface area (Å²) in [7, 11) is 2.07. The Morgan fingerprint density at radius 2 is 1.95 bits per heavy atom. The molecule has 1 atom stereocenters. The minimum absolute atomic E-state index is 0.501. The topological polar surface area (TPSA) is 24.5 Å². The molecule has 0 aromatic heterocycles. The maximum Gasteiger partial charge on any atom is 0.0485 e. The van der Waals surface area contributed by atoms with Gasteiger partial charge in [-0.2, -0.15) is 0 Å². The summed E-state index contributed by atoms with van der Waals surface area (Å²) in [5, 5.41) is 3.47. The second kappa shape index (κ2) is 5.93. The van der Waals surface area contributed by atoms with E-state index in [1.54, 1.807) is 0 Å². The maximum atomic E-state index is 5.51. The molecule has 1 saturated heterocycles. The van der Waals surface area contributed by atoms with Crippen molar-refractivity contribution in [3.8, 4) is 0 Å². The van der Waals surface area contributed by atoms with Gasteiger partial charge in [-0.3, -0.25) is 0 Å². The molecule has 104 valence electrons. The Hall–Kier alpha value is -1.06. The second-order valence-corrected chi connectivity index (χ2v) is 5.58. The van der Waals surface area contributed by atoms with E-state index in [-0.39, 0.29) is 0 Å². The molecule has 2 aliphatic rings. The van der Waals surface area contributed by atoms with Gasteiger partial charge in [0.2, 0.25) is 0 Å². The lowest BCUT2D eigenvalue weighted by Gasteiger charge is -2.36. The zero-order chi connectivity index (χ0) is 13.1.